The minimum Gasteiger partial charge on any atom is -0.352 e. The number of para-hydroxylation sites is 8. The normalized spacial score (nSPS) is 12.2. The summed E-state index contributed by atoms with van der Waals surface area (Å²) in [5.74, 6) is 0. The fourth-order valence-electron chi connectivity index (χ4n) is 7.05. The molecule has 0 amide bonds. The van der Waals surface area contributed by atoms with Gasteiger partial charge in [-0.15, -0.1) is 0 Å². The van der Waals surface area contributed by atoms with Crippen LogP contribution in [0.1, 0.15) is 11.1 Å². The van der Waals surface area contributed by atoms with E-state index >= 15 is 0 Å². The lowest BCUT2D eigenvalue weighted by Crippen LogP contribution is -2.17. The highest BCUT2D eigenvalue weighted by molar-refractivity contribution is 5.98. The van der Waals surface area contributed by atoms with Crippen molar-refractivity contribution < 1.29 is 0 Å². The molecule has 6 nitrogen and oxygen atoms in total. The predicted molar refractivity (Wildman–Crippen MR) is 203 cm³/mol. The van der Waals surface area contributed by atoms with Crippen molar-refractivity contribution in [3.05, 3.63) is 169 Å². The van der Waals surface area contributed by atoms with E-state index < -0.39 is 0 Å². The Balaban J connectivity index is 1.13. The van der Waals surface area contributed by atoms with Gasteiger partial charge in [0.25, 0.3) is 0 Å². The fourth-order valence-corrected chi connectivity index (χ4v) is 7.05. The van der Waals surface area contributed by atoms with Gasteiger partial charge in [-0.1, -0.05) is 72.8 Å². The highest BCUT2D eigenvalue weighted by Crippen LogP contribution is 2.49. The molecule has 2 aliphatic heterocycles. The number of nitrogens with one attached hydrogen (secondary N) is 2. The van der Waals surface area contributed by atoms with E-state index in [2.05, 4.69) is 130 Å². The van der Waals surface area contributed by atoms with Crippen LogP contribution in [0.3, 0.4) is 0 Å². The highest BCUT2D eigenvalue weighted by atomic mass is 15.2. The molecule has 0 atom stereocenters. The van der Waals surface area contributed by atoms with Gasteiger partial charge in [-0.25, -0.2) is 0 Å². The van der Waals surface area contributed by atoms with Crippen LogP contribution in [-0.2, 0) is 0 Å². The first kappa shape index (κ1) is 28.9. The van der Waals surface area contributed by atoms with Gasteiger partial charge >= 0.3 is 0 Å². The largest absolute Gasteiger partial charge is 0.352 e. The lowest BCUT2D eigenvalue weighted by molar-refractivity contribution is 1.25. The van der Waals surface area contributed by atoms with Crippen LogP contribution in [0.15, 0.2) is 158 Å². The van der Waals surface area contributed by atoms with E-state index in [9.17, 15) is 10.5 Å². The highest BCUT2D eigenvalue weighted by Gasteiger charge is 2.25. The summed E-state index contributed by atoms with van der Waals surface area (Å²) in [7, 11) is 0. The van der Waals surface area contributed by atoms with Crippen LogP contribution in [0.25, 0.3) is 22.3 Å². The zero-order valence-corrected chi connectivity index (χ0v) is 26.8. The summed E-state index contributed by atoms with van der Waals surface area (Å²) in [6.45, 7) is 0. The van der Waals surface area contributed by atoms with Crippen LogP contribution >= 0.6 is 0 Å². The third kappa shape index (κ3) is 4.72. The van der Waals surface area contributed by atoms with E-state index in [1.54, 1.807) is 0 Å². The minimum atomic E-state index is 0.353. The Hall–Kier alpha value is -7.28. The number of anilines is 10. The minimum absolute atomic E-state index is 0.353. The number of nitriles is 2. The van der Waals surface area contributed by atoms with Gasteiger partial charge in [0, 0.05) is 11.4 Å². The van der Waals surface area contributed by atoms with E-state index in [1.807, 2.05) is 60.7 Å². The molecule has 7 aromatic rings. The van der Waals surface area contributed by atoms with Crippen molar-refractivity contribution in [2.45, 2.75) is 0 Å². The van der Waals surface area contributed by atoms with Gasteiger partial charge in [0.15, 0.2) is 0 Å². The maximum absolute atomic E-state index is 10.00. The quantitative estimate of drug-likeness (QED) is 0.199. The summed E-state index contributed by atoms with van der Waals surface area (Å²) < 4.78 is 0. The summed E-state index contributed by atoms with van der Waals surface area (Å²) >= 11 is 0. The molecule has 2 N–H and O–H groups in total. The number of hydrogen-bond acceptors (Lipinski definition) is 6. The number of rotatable bonds is 4. The molecule has 7 aromatic carbocycles. The number of nitrogens with zero attached hydrogens (tertiary/aromatic N) is 4. The Morgan fingerprint density at radius 3 is 0.980 bits per heavy atom. The zero-order chi connectivity index (χ0) is 33.6. The second-order valence-corrected chi connectivity index (χ2v) is 12.3. The molecular weight excluding hydrogens is 613 g/mol. The third-order valence-corrected chi connectivity index (χ3v) is 9.39. The summed E-state index contributed by atoms with van der Waals surface area (Å²) in [5, 5.41) is 27.1. The Labute approximate surface area is 290 Å². The van der Waals surface area contributed by atoms with Gasteiger partial charge in [0.2, 0.25) is 0 Å². The molecule has 0 fully saturated rings. The van der Waals surface area contributed by atoms with Crippen molar-refractivity contribution in [1.29, 1.82) is 10.5 Å². The van der Waals surface area contributed by atoms with Crippen LogP contribution in [0.5, 0.6) is 0 Å². The monoisotopic (exact) mass is 640 g/mol. The van der Waals surface area contributed by atoms with E-state index in [0.29, 0.717) is 11.1 Å². The van der Waals surface area contributed by atoms with Gasteiger partial charge in [-0.2, -0.15) is 10.5 Å². The molecule has 9 rings (SSSR count). The molecule has 2 heterocycles. The molecule has 2 aliphatic rings. The van der Waals surface area contributed by atoms with Crippen molar-refractivity contribution in [2.75, 3.05) is 20.4 Å². The number of benzene rings is 7. The molecular formula is C44H28N6. The lowest BCUT2D eigenvalue weighted by atomic mass is 9.90. The van der Waals surface area contributed by atoms with Gasteiger partial charge in [-0.05, 0) is 107 Å². The topological polar surface area (TPSA) is 78.1 Å². The van der Waals surface area contributed by atoms with Crippen LogP contribution in [0, 0.1) is 22.7 Å². The fraction of sp³-hybridized carbons (Fsp3) is 0. The predicted octanol–water partition coefficient (Wildman–Crippen LogP) is 11.8. The summed E-state index contributed by atoms with van der Waals surface area (Å²) in [4.78, 5) is 4.52. The zero-order valence-electron chi connectivity index (χ0n) is 26.8. The van der Waals surface area contributed by atoms with Crippen molar-refractivity contribution in [1.82, 2.24) is 0 Å². The van der Waals surface area contributed by atoms with Gasteiger partial charge in [-0.3, -0.25) is 0 Å². The molecule has 0 saturated carbocycles. The van der Waals surface area contributed by atoms with Crippen LogP contribution < -0.4 is 20.4 Å². The lowest BCUT2D eigenvalue weighted by Gasteiger charge is -2.34. The summed E-state index contributed by atoms with van der Waals surface area (Å²) in [5.41, 5.74) is 14.9. The van der Waals surface area contributed by atoms with Crippen molar-refractivity contribution in [3.8, 4) is 34.4 Å². The molecule has 0 spiro atoms. The number of hydrogen-bond donors (Lipinski definition) is 2. The summed E-state index contributed by atoms with van der Waals surface area (Å²) in [6.07, 6.45) is 0. The Kier molecular flexibility index (Phi) is 6.79. The first-order chi connectivity index (χ1) is 24.7. The van der Waals surface area contributed by atoms with Crippen LogP contribution in [0.4, 0.5) is 56.9 Å². The summed E-state index contributed by atoms with van der Waals surface area (Å²) in [6, 6.07) is 58.2. The third-order valence-electron chi connectivity index (χ3n) is 9.39. The Morgan fingerprint density at radius 1 is 0.380 bits per heavy atom. The average molecular weight is 641 g/mol. The van der Waals surface area contributed by atoms with E-state index in [1.165, 1.54) is 0 Å². The van der Waals surface area contributed by atoms with E-state index in [4.69, 9.17) is 0 Å². The Bertz CT molecular complexity index is 2250. The van der Waals surface area contributed by atoms with Gasteiger partial charge < -0.3 is 20.4 Å². The second kappa shape index (κ2) is 11.8. The second-order valence-electron chi connectivity index (χ2n) is 12.3. The van der Waals surface area contributed by atoms with Crippen LogP contribution in [0.2, 0.25) is 0 Å². The molecule has 0 radical (unpaired) electrons. The standard InChI is InChI=1S/C44H28N6/c45-27-31-25-35(29-17-21-33(22-18-29)49-41-13-5-1-9-37(41)47-38-10-2-6-14-42(38)49)36(26-32(31)28-46)30-19-23-34(24-20-30)50-43-15-7-3-11-39(43)48-40-12-4-8-16-44(40)50/h1-26,47-48H. The molecule has 234 valence electrons. The molecule has 0 bridgehead atoms. The number of fused-ring (bicyclic) bond motifs is 4. The molecule has 0 aromatic heterocycles. The first-order valence-corrected chi connectivity index (χ1v) is 16.4. The molecule has 0 unspecified atom stereocenters. The van der Waals surface area contributed by atoms with E-state index in [0.717, 1.165) is 79.1 Å². The average Bonchev–Trinajstić information content (AvgIpc) is 3.18. The Morgan fingerprint density at radius 2 is 0.680 bits per heavy atom. The van der Waals surface area contributed by atoms with Crippen LogP contribution in [-0.4, -0.2) is 0 Å². The maximum Gasteiger partial charge on any atom is 0.101 e. The molecule has 0 aliphatic carbocycles. The molecule has 6 heteroatoms. The molecule has 0 saturated heterocycles. The van der Waals surface area contributed by atoms with Crippen molar-refractivity contribution in [3.63, 3.8) is 0 Å². The van der Waals surface area contributed by atoms with E-state index in [-0.39, 0.29) is 0 Å². The SMILES string of the molecule is N#Cc1cc(-c2ccc(N3c4ccccc4Nc4ccccc43)cc2)c(-c2ccc(N3c4ccccc4Nc4ccccc43)cc2)cc1C#N. The van der Waals surface area contributed by atoms with Gasteiger partial charge in [0.05, 0.1) is 56.6 Å². The van der Waals surface area contributed by atoms with Gasteiger partial charge in [0.1, 0.15) is 12.1 Å². The molecule has 50 heavy (non-hydrogen) atoms. The first-order valence-electron chi connectivity index (χ1n) is 16.4. The smallest absolute Gasteiger partial charge is 0.101 e. The maximum atomic E-state index is 10.00. The van der Waals surface area contributed by atoms with Crippen molar-refractivity contribution >= 4 is 56.9 Å². The van der Waals surface area contributed by atoms with Crippen molar-refractivity contribution in [2.24, 2.45) is 0 Å².